The number of hydrogen-bond donors (Lipinski definition) is 1. The largest absolute Gasteiger partial charge is 0.469 e. The number of esters is 1. The van der Waals surface area contributed by atoms with Crippen LogP contribution in [0.5, 0.6) is 0 Å². The summed E-state index contributed by atoms with van der Waals surface area (Å²) in [6, 6.07) is 0. The summed E-state index contributed by atoms with van der Waals surface area (Å²) in [5.41, 5.74) is 0. The second-order valence-corrected chi connectivity index (χ2v) is 4.28. The number of aliphatic hydroxyl groups is 1. The van der Waals surface area contributed by atoms with E-state index in [-0.39, 0.29) is 23.9 Å². The third-order valence-electron chi connectivity index (χ3n) is 3.59. The topological polar surface area (TPSA) is 46.5 Å². The highest BCUT2D eigenvalue weighted by molar-refractivity contribution is 5.73. The van der Waals surface area contributed by atoms with Crippen molar-refractivity contribution < 1.29 is 14.6 Å². The lowest BCUT2D eigenvalue weighted by Crippen LogP contribution is -2.44. The molecule has 3 aliphatic rings. The zero-order chi connectivity index (χ0) is 9.42. The Morgan fingerprint density at radius 1 is 1.38 bits per heavy atom. The highest BCUT2D eigenvalue weighted by atomic mass is 16.5. The van der Waals surface area contributed by atoms with Gasteiger partial charge in [0.25, 0.3) is 0 Å². The first-order valence-corrected chi connectivity index (χ1v) is 4.98. The van der Waals surface area contributed by atoms with E-state index in [2.05, 4.69) is 0 Å². The molecule has 1 N–H and O–H groups in total. The minimum absolute atomic E-state index is 0.0347. The third kappa shape index (κ3) is 1.46. The molecule has 74 valence electrons. The van der Waals surface area contributed by atoms with Gasteiger partial charge in [0.1, 0.15) is 0 Å². The monoisotopic (exact) mass is 184 g/mol. The molecule has 0 aliphatic heterocycles. The van der Waals surface area contributed by atoms with Crippen molar-refractivity contribution in [1.29, 1.82) is 0 Å². The van der Waals surface area contributed by atoms with Crippen molar-refractivity contribution in [2.75, 3.05) is 7.11 Å². The first-order chi connectivity index (χ1) is 6.22. The average molecular weight is 184 g/mol. The van der Waals surface area contributed by atoms with Crippen LogP contribution in [0.25, 0.3) is 0 Å². The second kappa shape index (κ2) is 3.29. The smallest absolute Gasteiger partial charge is 0.309 e. The highest BCUT2D eigenvalue weighted by Crippen LogP contribution is 2.45. The summed E-state index contributed by atoms with van der Waals surface area (Å²) >= 11 is 0. The van der Waals surface area contributed by atoms with Gasteiger partial charge in [-0.3, -0.25) is 4.79 Å². The Kier molecular flexibility index (Phi) is 2.28. The Bertz CT molecular complexity index is 214. The fraction of sp³-hybridized carbons (Fsp3) is 0.900. The SMILES string of the molecule is COC(=O)[C@@H]1CC2CCC1[C@@H](O)C2. The maximum Gasteiger partial charge on any atom is 0.309 e. The predicted molar refractivity (Wildman–Crippen MR) is 47.0 cm³/mol. The summed E-state index contributed by atoms with van der Waals surface area (Å²) in [6.45, 7) is 0. The minimum atomic E-state index is -0.267. The van der Waals surface area contributed by atoms with Crippen molar-refractivity contribution >= 4 is 5.97 Å². The minimum Gasteiger partial charge on any atom is -0.469 e. The van der Waals surface area contributed by atoms with Crippen LogP contribution in [0.15, 0.2) is 0 Å². The number of carbonyl (C=O) groups excluding carboxylic acids is 1. The molecule has 3 heteroatoms. The van der Waals surface area contributed by atoms with Gasteiger partial charge in [0.05, 0.1) is 19.1 Å². The lowest BCUT2D eigenvalue weighted by Gasteiger charge is -2.44. The van der Waals surface area contributed by atoms with Gasteiger partial charge in [-0.1, -0.05) is 0 Å². The van der Waals surface area contributed by atoms with Crippen LogP contribution in [0, 0.1) is 17.8 Å². The summed E-state index contributed by atoms with van der Waals surface area (Å²) < 4.78 is 4.74. The molecule has 2 bridgehead atoms. The van der Waals surface area contributed by atoms with E-state index < -0.39 is 0 Å². The average Bonchev–Trinajstić information content (AvgIpc) is 2.17. The Morgan fingerprint density at radius 2 is 2.15 bits per heavy atom. The molecule has 13 heavy (non-hydrogen) atoms. The zero-order valence-electron chi connectivity index (χ0n) is 7.90. The molecule has 0 heterocycles. The number of aliphatic hydroxyl groups excluding tert-OH is 1. The van der Waals surface area contributed by atoms with E-state index in [0.717, 1.165) is 19.3 Å². The summed E-state index contributed by atoms with van der Waals surface area (Å²) in [4.78, 5) is 11.4. The number of rotatable bonds is 1. The number of ether oxygens (including phenoxy) is 1. The molecule has 3 aliphatic carbocycles. The van der Waals surface area contributed by atoms with Crippen molar-refractivity contribution in [1.82, 2.24) is 0 Å². The quantitative estimate of drug-likeness (QED) is 0.617. The maximum absolute atomic E-state index is 11.4. The van der Waals surface area contributed by atoms with Gasteiger partial charge in [-0.15, -0.1) is 0 Å². The van der Waals surface area contributed by atoms with Crippen molar-refractivity contribution in [3.8, 4) is 0 Å². The van der Waals surface area contributed by atoms with Crippen LogP contribution >= 0.6 is 0 Å². The van der Waals surface area contributed by atoms with Gasteiger partial charge in [0, 0.05) is 0 Å². The van der Waals surface area contributed by atoms with E-state index in [4.69, 9.17) is 4.74 Å². The third-order valence-corrected chi connectivity index (χ3v) is 3.59. The standard InChI is InChI=1S/C10H16O3/c1-13-10(12)8-4-6-2-3-7(8)9(11)5-6/h6-9,11H,2-5H2,1H3/t6?,7?,8-,9+/m1/s1. The number of fused-ring (bicyclic) bond motifs is 3. The first kappa shape index (κ1) is 9.00. The lowest BCUT2D eigenvalue weighted by atomic mass is 9.63. The van der Waals surface area contributed by atoms with Gasteiger partial charge < -0.3 is 9.84 Å². The van der Waals surface area contributed by atoms with Gasteiger partial charge in [0.15, 0.2) is 0 Å². The number of hydrogen-bond acceptors (Lipinski definition) is 3. The Labute approximate surface area is 78.1 Å². The van der Waals surface area contributed by atoms with E-state index in [0.29, 0.717) is 5.92 Å². The van der Waals surface area contributed by atoms with Crippen LogP contribution in [-0.4, -0.2) is 24.3 Å². The van der Waals surface area contributed by atoms with Crippen LogP contribution < -0.4 is 0 Å². The van der Waals surface area contributed by atoms with Gasteiger partial charge >= 0.3 is 5.97 Å². The van der Waals surface area contributed by atoms with E-state index in [1.165, 1.54) is 13.5 Å². The van der Waals surface area contributed by atoms with Crippen LogP contribution in [0.2, 0.25) is 0 Å². The lowest BCUT2D eigenvalue weighted by molar-refractivity contribution is -0.156. The van der Waals surface area contributed by atoms with Crippen molar-refractivity contribution in [2.45, 2.75) is 31.8 Å². The molecule has 0 radical (unpaired) electrons. The summed E-state index contributed by atoms with van der Waals surface area (Å²) in [5, 5.41) is 9.71. The second-order valence-electron chi connectivity index (χ2n) is 4.28. The van der Waals surface area contributed by atoms with Crippen LogP contribution in [0.3, 0.4) is 0 Å². The Morgan fingerprint density at radius 3 is 2.69 bits per heavy atom. The van der Waals surface area contributed by atoms with Crippen LogP contribution in [0.4, 0.5) is 0 Å². The number of carbonyl (C=O) groups is 1. The molecule has 0 amide bonds. The molecule has 0 saturated heterocycles. The fourth-order valence-corrected chi connectivity index (χ4v) is 2.89. The molecule has 0 aromatic carbocycles. The molecule has 0 aromatic rings. The Hall–Kier alpha value is -0.570. The summed E-state index contributed by atoms with van der Waals surface area (Å²) in [7, 11) is 1.43. The van der Waals surface area contributed by atoms with Gasteiger partial charge in [-0.05, 0) is 37.5 Å². The van der Waals surface area contributed by atoms with E-state index in [1.54, 1.807) is 0 Å². The predicted octanol–water partition coefficient (Wildman–Crippen LogP) is 0.956. The van der Waals surface area contributed by atoms with Crippen LogP contribution in [-0.2, 0) is 9.53 Å². The molecule has 3 saturated carbocycles. The molecule has 3 fully saturated rings. The molecule has 3 nitrogen and oxygen atoms in total. The highest BCUT2D eigenvalue weighted by Gasteiger charge is 2.44. The first-order valence-electron chi connectivity index (χ1n) is 4.98. The molecule has 0 aromatic heterocycles. The van der Waals surface area contributed by atoms with Gasteiger partial charge in [0.2, 0.25) is 0 Å². The van der Waals surface area contributed by atoms with Crippen molar-refractivity contribution in [3.63, 3.8) is 0 Å². The fourth-order valence-electron chi connectivity index (χ4n) is 2.89. The molecular weight excluding hydrogens is 168 g/mol. The number of methoxy groups -OCH3 is 1. The van der Waals surface area contributed by atoms with Crippen molar-refractivity contribution in [2.24, 2.45) is 17.8 Å². The Balaban J connectivity index is 2.10. The van der Waals surface area contributed by atoms with Gasteiger partial charge in [-0.2, -0.15) is 0 Å². The maximum atomic E-state index is 11.4. The zero-order valence-corrected chi connectivity index (χ0v) is 7.90. The molecule has 0 spiro atoms. The van der Waals surface area contributed by atoms with E-state index in [9.17, 15) is 9.90 Å². The summed E-state index contributed by atoms with van der Waals surface area (Å²) in [6.07, 6.45) is 3.71. The van der Waals surface area contributed by atoms with Crippen molar-refractivity contribution in [3.05, 3.63) is 0 Å². The van der Waals surface area contributed by atoms with E-state index >= 15 is 0 Å². The summed E-state index contributed by atoms with van der Waals surface area (Å²) in [5.74, 6) is 0.544. The normalized spacial score (nSPS) is 43.2. The molecule has 3 rings (SSSR count). The molecule has 2 unspecified atom stereocenters. The van der Waals surface area contributed by atoms with Crippen LogP contribution in [0.1, 0.15) is 25.7 Å². The van der Waals surface area contributed by atoms with Gasteiger partial charge in [-0.25, -0.2) is 0 Å². The molecular formula is C10H16O3. The molecule has 4 atom stereocenters. The van der Waals surface area contributed by atoms with E-state index in [1.807, 2.05) is 0 Å².